The third-order valence-corrected chi connectivity index (χ3v) is 5.32. The van der Waals surface area contributed by atoms with Crippen molar-refractivity contribution in [3.05, 3.63) is 18.0 Å². The average Bonchev–Trinajstić information content (AvgIpc) is 2.97. The molecular weight excluding hydrogens is 334 g/mol. The summed E-state index contributed by atoms with van der Waals surface area (Å²) in [5.74, 6) is -0.509. The lowest BCUT2D eigenvalue weighted by Crippen LogP contribution is -2.45. The molecule has 1 atom stereocenters. The Labute approximate surface area is 154 Å². The predicted molar refractivity (Wildman–Crippen MR) is 97.0 cm³/mol. The second-order valence-electron chi connectivity index (χ2n) is 7.44. The summed E-state index contributed by atoms with van der Waals surface area (Å²) in [5.41, 5.74) is 0.889. The third-order valence-electron chi connectivity index (χ3n) is 5.32. The van der Waals surface area contributed by atoms with E-state index in [9.17, 15) is 9.59 Å². The maximum Gasteiger partial charge on any atom is 0.325 e. The van der Waals surface area contributed by atoms with Crippen molar-refractivity contribution in [3.8, 4) is 0 Å². The Morgan fingerprint density at radius 2 is 2.00 bits per heavy atom. The number of carbonyl (C=O) groups is 2. The number of hydrogen-bond donors (Lipinski definition) is 1. The summed E-state index contributed by atoms with van der Waals surface area (Å²) in [4.78, 5) is 30.1. The molecule has 0 unspecified atom stereocenters. The highest BCUT2D eigenvalue weighted by molar-refractivity contribution is 5.78. The molecule has 1 amide bonds. The number of carboxylic acids is 1. The summed E-state index contributed by atoms with van der Waals surface area (Å²) in [7, 11) is 2.13. The number of aromatic nitrogens is 2. The minimum absolute atomic E-state index is 0.126. The Balaban J connectivity index is 1.54. The van der Waals surface area contributed by atoms with Crippen LogP contribution in [0, 0.1) is 0 Å². The number of nitrogens with zero attached hydrogens (tertiary/aromatic N) is 5. The van der Waals surface area contributed by atoms with Crippen LogP contribution in [0.4, 0.5) is 0 Å². The second-order valence-corrected chi connectivity index (χ2v) is 7.44. The van der Waals surface area contributed by atoms with Gasteiger partial charge in [-0.05, 0) is 45.5 Å². The van der Waals surface area contributed by atoms with E-state index in [2.05, 4.69) is 21.9 Å². The molecule has 144 valence electrons. The summed E-state index contributed by atoms with van der Waals surface area (Å²) in [6, 6.07) is 1.88. The van der Waals surface area contributed by atoms with E-state index in [1.165, 1.54) is 4.68 Å². The van der Waals surface area contributed by atoms with Gasteiger partial charge in [0.2, 0.25) is 5.91 Å². The Bertz CT molecular complexity index is 632. The summed E-state index contributed by atoms with van der Waals surface area (Å²) < 4.78 is 1.45. The van der Waals surface area contributed by atoms with Crippen LogP contribution in [-0.2, 0) is 16.1 Å². The van der Waals surface area contributed by atoms with Crippen LogP contribution in [0.3, 0.4) is 0 Å². The lowest BCUT2D eigenvalue weighted by atomic mass is 9.95. The first-order chi connectivity index (χ1) is 12.5. The monoisotopic (exact) mass is 363 g/mol. The SMILES string of the molecule is CN1CCCN(CC(=O)N2CCC[C@H](c3ccn(CC(=O)O)n3)C2)CC1. The number of piperidine rings is 1. The van der Waals surface area contributed by atoms with Crippen LogP contribution in [0.5, 0.6) is 0 Å². The van der Waals surface area contributed by atoms with Crippen LogP contribution in [0.2, 0.25) is 0 Å². The number of carbonyl (C=O) groups excluding carboxylic acids is 1. The van der Waals surface area contributed by atoms with Gasteiger partial charge in [0, 0.05) is 38.3 Å². The summed E-state index contributed by atoms with van der Waals surface area (Å²) >= 11 is 0. The fourth-order valence-electron chi connectivity index (χ4n) is 3.82. The highest BCUT2D eigenvalue weighted by atomic mass is 16.4. The van der Waals surface area contributed by atoms with E-state index in [0.717, 1.165) is 57.7 Å². The fraction of sp³-hybridized carbons (Fsp3) is 0.722. The van der Waals surface area contributed by atoms with Gasteiger partial charge in [-0.1, -0.05) is 0 Å². The molecule has 2 aliphatic heterocycles. The summed E-state index contributed by atoms with van der Waals surface area (Å²) in [6.07, 6.45) is 4.76. The lowest BCUT2D eigenvalue weighted by molar-refractivity contribution is -0.138. The van der Waals surface area contributed by atoms with Gasteiger partial charge in [-0.25, -0.2) is 0 Å². The molecule has 2 saturated heterocycles. The molecule has 0 saturated carbocycles. The first-order valence-corrected chi connectivity index (χ1v) is 9.45. The minimum atomic E-state index is -0.900. The Morgan fingerprint density at radius 3 is 2.81 bits per heavy atom. The molecule has 1 aromatic heterocycles. The molecular formula is C18H29N5O3. The van der Waals surface area contributed by atoms with E-state index in [0.29, 0.717) is 13.1 Å². The highest BCUT2D eigenvalue weighted by Crippen LogP contribution is 2.25. The third kappa shape index (κ3) is 5.04. The average molecular weight is 363 g/mol. The van der Waals surface area contributed by atoms with Gasteiger partial charge in [-0.15, -0.1) is 0 Å². The van der Waals surface area contributed by atoms with Crippen LogP contribution < -0.4 is 0 Å². The van der Waals surface area contributed by atoms with Gasteiger partial charge >= 0.3 is 5.97 Å². The van der Waals surface area contributed by atoms with Crippen LogP contribution in [-0.4, -0.2) is 94.3 Å². The second kappa shape index (κ2) is 8.64. The quantitative estimate of drug-likeness (QED) is 0.811. The molecule has 3 rings (SSSR count). The largest absolute Gasteiger partial charge is 0.480 e. The minimum Gasteiger partial charge on any atom is -0.480 e. The lowest BCUT2D eigenvalue weighted by Gasteiger charge is -2.33. The van der Waals surface area contributed by atoms with Crippen LogP contribution in [0.1, 0.15) is 30.9 Å². The zero-order chi connectivity index (χ0) is 18.5. The van der Waals surface area contributed by atoms with E-state index in [4.69, 9.17) is 5.11 Å². The Hall–Kier alpha value is -1.93. The van der Waals surface area contributed by atoms with Crippen molar-refractivity contribution in [2.75, 3.05) is 52.9 Å². The molecule has 2 fully saturated rings. The number of aliphatic carboxylic acids is 1. The fourth-order valence-corrected chi connectivity index (χ4v) is 3.82. The first kappa shape index (κ1) is 18.8. The molecule has 8 heteroatoms. The van der Waals surface area contributed by atoms with Crippen molar-refractivity contribution in [2.24, 2.45) is 0 Å². The van der Waals surface area contributed by atoms with Crippen LogP contribution in [0.25, 0.3) is 0 Å². The summed E-state index contributed by atoms with van der Waals surface area (Å²) in [5, 5.41) is 13.3. The van der Waals surface area contributed by atoms with Crippen molar-refractivity contribution < 1.29 is 14.7 Å². The normalized spacial score (nSPS) is 23.0. The molecule has 0 bridgehead atoms. The standard InChI is InChI=1S/C18H29N5O3/c1-20-6-3-7-21(11-10-20)13-17(24)22-8-2-4-15(12-22)16-5-9-23(19-16)14-18(25)26/h5,9,15H,2-4,6-8,10-14H2,1H3,(H,25,26)/t15-/m0/s1. The van der Waals surface area contributed by atoms with Gasteiger partial charge in [0.05, 0.1) is 12.2 Å². The maximum absolute atomic E-state index is 12.8. The van der Waals surface area contributed by atoms with Crippen molar-refractivity contribution in [1.82, 2.24) is 24.5 Å². The molecule has 2 aliphatic rings. The van der Waals surface area contributed by atoms with Gasteiger partial charge in [0.25, 0.3) is 0 Å². The van der Waals surface area contributed by atoms with E-state index < -0.39 is 5.97 Å². The van der Waals surface area contributed by atoms with E-state index in [1.807, 2.05) is 11.0 Å². The van der Waals surface area contributed by atoms with Gasteiger partial charge in [0.15, 0.2) is 0 Å². The summed E-state index contributed by atoms with van der Waals surface area (Å²) in [6.45, 7) is 5.88. The van der Waals surface area contributed by atoms with Crippen LogP contribution >= 0.6 is 0 Å². The molecule has 26 heavy (non-hydrogen) atoms. The van der Waals surface area contributed by atoms with Crippen molar-refractivity contribution in [3.63, 3.8) is 0 Å². The zero-order valence-electron chi connectivity index (χ0n) is 15.5. The van der Waals surface area contributed by atoms with E-state index in [1.54, 1.807) is 6.20 Å². The van der Waals surface area contributed by atoms with Gasteiger partial charge in [-0.3, -0.25) is 19.2 Å². The van der Waals surface area contributed by atoms with Gasteiger partial charge in [-0.2, -0.15) is 5.10 Å². The topological polar surface area (TPSA) is 81.9 Å². The zero-order valence-corrected chi connectivity index (χ0v) is 15.5. The molecule has 0 aliphatic carbocycles. The number of likely N-dealkylation sites (N-methyl/N-ethyl adjacent to an activating group) is 1. The molecule has 3 heterocycles. The number of likely N-dealkylation sites (tertiary alicyclic amines) is 1. The first-order valence-electron chi connectivity index (χ1n) is 9.45. The molecule has 0 aromatic carbocycles. The van der Waals surface area contributed by atoms with Crippen molar-refractivity contribution in [1.29, 1.82) is 0 Å². The number of rotatable bonds is 5. The molecule has 0 spiro atoms. The highest BCUT2D eigenvalue weighted by Gasteiger charge is 2.27. The Kier molecular flexibility index (Phi) is 6.26. The molecule has 8 nitrogen and oxygen atoms in total. The molecule has 0 radical (unpaired) electrons. The predicted octanol–water partition coefficient (Wildman–Crippen LogP) is 0.311. The number of hydrogen-bond acceptors (Lipinski definition) is 5. The van der Waals surface area contributed by atoms with Gasteiger partial charge in [0.1, 0.15) is 6.54 Å². The van der Waals surface area contributed by atoms with E-state index >= 15 is 0 Å². The number of carboxylic acid groups (broad SMARTS) is 1. The smallest absolute Gasteiger partial charge is 0.325 e. The molecule has 1 N–H and O–H groups in total. The van der Waals surface area contributed by atoms with Crippen molar-refractivity contribution in [2.45, 2.75) is 31.7 Å². The number of amides is 1. The van der Waals surface area contributed by atoms with Crippen molar-refractivity contribution >= 4 is 11.9 Å². The molecule has 1 aromatic rings. The Morgan fingerprint density at radius 1 is 1.15 bits per heavy atom. The van der Waals surface area contributed by atoms with Gasteiger partial charge < -0.3 is 14.9 Å². The van der Waals surface area contributed by atoms with E-state index in [-0.39, 0.29) is 18.4 Å². The maximum atomic E-state index is 12.8. The van der Waals surface area contributed by atoms with Crippen LogP contribution in [0.15, 0.2) is 12.3 Å².